The summed E-state index contributed by atoms with van der Waals surface area (Å²) in [6.07, 6.45) is 0. The van der Waals surface area contributed by atoms with Crippen molar-refractivity contribution in [3.63, 3.8) is 0 Å². The fraction of sp³-hybridized carbons (Fsp3) is 0. The molecule has 266 valence electrons. The number of fused-ring (bicyclic) bond motifs is 9. The molecule has 0 fully saturated rings. The van der Waals surface area contributed by atoms with Crippen molar-refractivity contribution in [3.8, 4) is 51.0 Å². The van der Waals surface area contributed by atoms with Crippen LogP contribution >= 0.6 is 0 Å². The van der Waals surface area contributed by atoms with Gasteiger partial charge in [-0.2, -0.15) is 9.97 Å². The van der Waals surface area contributed by atoms with Gasteiger partial charge in [0, 0.05) is 54.6 Å². The second-order valence-corrected chi connectivity index (χ2v) is 14.4. The highest BCUT2D eigenvalue weighted by Crippen LogP contribution is 2.42. The summed E-state index contributed by atoms with van der Waals surface area (Å²) in [6, 6.07) is 62.6. The van der Waals surface area contributed by atoms with Crippen molar-refractivity contribution in [1.29, 1.82) is 0 Å². The molecule has 0 atom stereocenters. The normalized spacial score (nSPS) is 11.9. The van der Waals surface area contributed by atoms with Crippen LogP contribution in [0.25, 0.3) is 117 Å². The van der Waals surface area contributed by atoms with Crippen LogP contribution in [0.1, 0.15) is 0 Å². The summed E-state index contributed by atoms with van der Waals surface area (Å²) in [5.74, 6) is 1.80. The minimum absolute atomic E-state index is 0.577. The van der Waals surface area contributed by atoms with Crippen molar-refractivity contribution in [2.75, 3.05) is 0 Å². The molecule has 0 aliphatic rings. The number of nitrogens with zero attached hydrogens (tertiary/aromatic N) is 4. The van der Waals surface area contributed by atoms with Gasteiger partial charge >= 0.3 is 0 Å². The van der Waals surface area contributed by atoms with Crippen molar-refractivity contribution >= 4 is 65.7 Å². The third kappa shape index (κ3) is 4.94. The van der Waals surface area contributed by atoms with Gasteiger partial charge in [-0.25, -0.2) is 4.98 Å². The Balaban J connectivity index is 0.956. The molecule has 6 heteroatoms. The van der Waals surface area contributed by atoms with Gasteiger partial charge < -0.3 is 8.83 Å². The van der Waals surface area contributed by atoms with Crippen molar-refractivity contribution in [1.82, 2.24) is 19.5 Å². The number of rotatable bonds is 5. The highest BCUT2D eigenvalue weighted by molar-refractivity contribution is 6.15. The molecule has 12 aromatic rings. The Labute approximate surface area is 325 Å². The lowest BCUT2D eigenvalue weighted by Crippen LogP contribution is -2.06. The smallest absolute Gasteiger partial charge is 0.238 e. The molecular formula is C51H30N4O2. The largest absolute Gasteiger partial charge is 0.455 e. The molecule has 0 aliphatic carbocycles. The molecule has 0 amide bonds. The Morgan fingerprint density at radius 1 is 0.333 bits per heavy atom. The maximum atomic E-state index is 6.61. The maximum Gasteiger partial charge on any atom is 0.238 e. The Morgan fingerprint density at radius 3 is 1.49 bits per heavy atom. The fourth-order valence-corrected chi connectivity index (χ4v) is 8.41. The third-order valence-electron chi connectivity index (χ3n) is 11.1. The lowest BCUT2D eigenvalue weighted by molar-refractivity contribution is 0.665. The van der Waals surface area contributed by atoms with Crippen LogP contribution in [0.4, 0.5) is 0 Å². The van der Waals surface area contributed by atoms with Gasteiger partial charge in [-0.3, -0.25) is 4.57 Å². The first kappa shape index (κ1) is 31.5. The summed E-state index contributed by atoms with van der Waals surface area (Å²) in [4.78, 5) is 15.2. The van der Waals surface area contributed by atoms with E-state index in [2.05, 4.69) is 138 Å². The van der Waals surface area contributed by atoms with E-state index in [4.69, 9.17) is 23.8 Å². The third-order valence-corrected chi connectivity index (χ3v) is 11.1. The van der Waals surface area contributed by atoms with Crippen LogP contribution in [-0.2, 0) is 0 Å². The quantitative estimate of drug-likeness (QED) is 0.176. The highest BCUT2D eigenvalue weighted by atomic mass is 16.3. The molecule has 0 saturated carbocycles. The fourth-order valence-electron chi connectivity index (χ4n) is 8.41. The molecule has 12 rings (SSSR count). The zero-order chi connectivity index (χ0) is 37.5. The van der Waals surface area contributed by atoms with Gasteiger partial charge in [0.2, 0.25) is 5.95 Å². The Bertz CT molecular complexity index is 3470. The van der Waals surface area contributed by atoms with Gasteiger partial charge in [-0.05, 0) is 41.5 Å². The monoisotopic (exact) mass is 730 g/mol. The topological polar surface area (TPSA) is 69.9 Å². The zero-order valence-electron chi connectivity index (χ0n) is 30.4. The van der Waals surface area contributed by atoms with Gasteiger partial charge in [-0.15, -0.1) is 0 Å². The Kier molecular flexibility index (Phi) is 6.83. The van der Waals surface area contributed by atoms with Crippen LogP contribution in [0.2, 0.25) is 0 Å². The van der Waals surface area contributed by atoms with Crippen molar-refractivity contribution < 1.29 is 8.83 Å². The van der Waals surface area contributed by atoms with Crippen molar-refractivity contribution in [2.24, 2.45) is 0 Å². The molecule has 0 N–H and O–H groups in total. The van der Waals surface area contributed by atoms with Gasteiger partial charge in [0.25, 0.3) is 0 Å². The summed E-state index contributed by atoms with van der Waals surface area (Å²) in [7, 11) is 0. The summed E-state index contributed by atoms with van der Waals surface area (Å²) in [5, 5.41) is 6.64. The van der Waals surface area contributed by atoms with Crippen LogP contribution < -0.4 is 0 Å². The molecule has 0 saturated heterocycles. The number of furan rings is 2. The molecule has 57 heavy (non-hydrogen) atoms. The van der Waals surface area contributed by atoms with Crippen LogP contribution in [0.3, 0.4) is 0 Å². The van der Waals surface area contributed by atoms with E-state index in [0.29, 0.717) is 17.6 Å². The number of benzene rings is 8. The molecule has 0 radical (unpaired) electrons. The first-order valence-electron chi connectivity index (χ1n) is 19.0. The van der Waals surface area contributed by atoms with Gasteiger partial charge in [0.05, 0.1) is 11.0 Å². The van der Waals surface area contributed by atoms with E-state index in [9.17, 15) is 0 Å². The summed E-state index contributed by atoms with van der Waals surface area (Å²) < 4.78 is 15.2. The number of para-hydroxylation sites is 5. The van der Waals surface area contributed by atoms with Crippen LogP contribution in [0.5, 0.6) is 0 Å². The number of hydrogen-bond donors (Lipinski definition) is 0. The average molecular weight is 731 g/mol. The molecule has 6 nitrogen and oxygen atoms in total. The van der Waals surface area contributed by atoms with Gasteiger partial charge in [-0.1, -0.05) is 152 Å². The number of hydrogen-bond acceptors (Lipinski definition) is 5. The standard InChI is InChI=1S/C51H30N4O2/c1-2-12-32(13-3-1)49-52-50(54-51(53-49)55-43-21-7-4-14-35(43)36-15-5-8-22-44(36)55)33-26-24-31(25-27-33)34-28-29-46-42(30-34)41-20-11-19-40(48(41)57-46)39-18-10-17-38-37-16-6-9-23-45(37)56-47(38)39/h1-30H. The minimum Gasteiger partial charge on any atom is -0.455 e. The zero-order valence-corrected chi connectivity index (χ0v) is 30.4. The lowest BCUT2D eigenvalue weighted by Gasteiger charge is -2.11. The predicted molar refractivity (Wildman–Crippen MR) is 230 cm³/mol. The second kappa shape index (κ2) is 12.3. The predicted octanol–water partition coefficient (Wildman–Crippen LogP) is 13.4. The molecule has 4 aromatic heterocycles. The van der Waals surface area contributed by atoms with Crippen molar-refractivity contribution in [3.05, 3.63) is 182 Å². The van der Waals surface area contributed by atoms with E-state index < -0.39 is 0 Å². The molecule has 0 aliphatic heterocycles. The first-order valence-corrected chi connectivity index (χ1v) is 19.0. The maximum absolute atomic E-state index is 6.61. The first-order chi connectivity index (χ1) is 28.2. The lowest BCUT2D eigenvalue weighted by atomic mass is 9.98. The van der Waals surface area contributed by atoms with E-state index in [-0.39, 0.29) is 0 Å². The summed E-state index contributed by atoms with van der Waals surface area (Å²) >= 11 is 0. The average Bonchev–Trinajstić information content (AvgIpc) is 3.96. The Hall–Kier alpha value is -7.83. The van der Waals surface area contributed by atoms with Crippen LogP contribution in [0.15, 0.2) is 191 Å². The van der Waals surface area contributed by atoms with Crippen LogP contribution in [-0.4, -0.2) is 19.5 Å². The molecule has 0 spiro atoms. The Morgan fingerprint density at radius 2 is 0.825 bits per heavy atom. The molecule has 4 heterocycles. The van der Waals surface area contributed by atoms with E-state index in [1.54, 1.807) is 0 Å². The number of aromatic nitrogens is 4. The van der Waals surface area contributed by atoms with Crippen molar-refractivity contribution in [2.45, 2.75) is 0 Å². The molecule has 0 bridgehead atoms. The van der Waals surface area contributed by atoms with E-state index in [1.807, 2.05) is 48.5 Å². The van der Waals surface area contributed by atoms with E-state index >= 15 is 0 Å². The van der Waals surface area contributed by atoms with E-state index in [1.165, 1.54) is 0 Å². The highest BCUT2D eigenvalue weighted by Gasteiger charge is 2.20. The molecular weight excluding hydrogens is 701 g/mol. The summed E-state index contributed by atoms with van der Waals surface area (Å²) in [5.41, 5.74) is 11.5. The minimum atomic E-state index is 0.577. The van der Waals surface area contributed by atoms with Gasteiger partial charge in [0.1, 0.15) is 22.3 Å². The van der Waals surface area contributed by atoms with Gasteiger partial charge in [0.15, 0.2) is 11.6 Å². The summed E-state index contributed by atoms with van der Waals surface area (Å²) in [6.45, 7) is 0. The van der Waals surface area contributed by atoms with E-state index in [0.717, 1.165) is 99.1 Å². The molecule has 0 unspecified atom stereocenters. The van der Waals surface area contributed by atoms with Crippen LogP contribution in [0, 0.1) is 0 Å². The molecule has 8 aromatic carbocycles. The second-order valence-electron chi connectivity index (χ2n) is 14.4. The SMILES string of the molecule is c1ccc(-c2nc(-c3ccc(-c4ccc5oc6c(-c7cccc8c7oc7ccccc78)cccc6c5c4)cc3)nc(-n3c4ccccc4c4ccccc43)n2)cc1.